The number of fused-ring (bicyclic) bond motifs is 3. The minimum atomic E-state index is -4.79. The quantitative estimate of drug-likeness (QED) is 0.243. The number of allylic oxidation sites excluding steroid dienone is 1. The van der Waals surface area contributed by atoms with Gasteiger partial charge in [-0.1, -0.05) is 59.3 Å². The minimum absolute atomic E-state index is 0.0388. The molecular weight excluding hydrogens is 581 g/mol. The van der Waals surface area contributed by atoms with Crippen molar-refractivity contribution in [3.05, 3.63) is 71.0 Å². The summed E-state index contributed by atoms with van der Waals surface area (Å²) < 4.78 is 49.6. The van der Waals surface area contributed by atoms with Crippen LogP contribution >= 0.6 is 23.8 Å². The van der Waals surface area contributed by atoms with Crippen molar-refractivity contribution in [1.29, 1.82) is 0 Å². The number of nitrogens with zero attached hydrogens (tertiary/aromatic N) is 1. The Bertz CT molecular complexity index is 1500. The molecule has 7 rings (SSSR count). The van der Waals surface area contributed by atoms with Gasteiger partial charge in [0.05, 0.1) is 15.7 Å². The van der Waals surface area contributed by atoms with E-state index in [9.17, 15) is 13.2 Å². The van der Waals surface area contributed by atoms with E-state index < -0.39 is 6.36 Å². The fraction of sp³-hybridized carbons (Fsp3) is 0.455. The number of benzene rings is 2. The second-order valence-corrected chi connectivity index (χ2v) is 13.2. The van der Waals surface area contributed by atoms with Crippen LogP contribution in [0.5, 0.6) is 5.75 Å². The van der Waals surface area contributed by atoms with Gasteiger partial charge >= 0.3 is 6.36 Å². The summed E-state index contributed by atoms with van der Waals surface area (Å²) in [4.78, 5) is 0.861. The number of ether oxygens (including phenoxy) is 1. The Hall–Kier alpha value is -2.84. The number of alkyl halides is 3. The lowest BCUT2D eigenvalue weighted by atomic mass is 9.52. The lowest BCUT2D eigenvalue weighted by Crippen LogP contribution is -2.47. The molecule has 4 fully saturated rings. The maximum atomic E-state index is 13.2. The lowest BCUT2D eigenvalue weighted by Gasteiger charge is -2.54. The van der Waals surface area contributed by atoms with E-state index in [0.29, 0.717) is 28.6 Å². The standard InChI is InChI=1S/C33H34ClF3N2O2S/c1-20(2)22-9-10-26(25(34)19-22)38-30(42)32-16-13-31(14-17-32,15-18-32)12-11-24-28(39-41-29(24)21-7-8-21)23-5-3-4-6-27(23)40-33(35,36)37/h3-6,9-10,19,21H,1,7-8,11-18H2,2H3,(H,38,42). The van der Waals surface area contributed by atoms with Gasteiger partial charge in [-0.05, 0) is 106 Å². The van der Waals surface area contributed by atoms with Crippen LogP contribution in [-0.4, -0.2) is 16.5 Å². The molecule has 0 amide bonds. The Morgan fingerprint density at radius 1 is 1.12 bits per heavy atom. The van der Waals surface area contributed by atoms with E-state index in [2.05, 4.69) is 21.8 Å². The number of hydrogen-bond acceptors (Lipinski definition) is 4. The third-order valence-electron chi connectivity index (χ3n) is 9.63. The molecule has 3 aromatic rings. The molecule has 2 bridgehead atoms. The molecule has 0 radical (unpaired) electrons. The molecule has 4 aliphatic carbocycles. The maximum absolute atomic E-state index is 13.2. The summed E-state index contributed by atoms with van der Waals surface area (Å²) in [6.45, 7) is 5.95. The summed E-state index contributed by atoms with van der Waals surface area (Å²) in [5, 5.41) is 8.39. The number of nitrogens with one attached hydrogen (secondary N) is 1. The van der Waals surface area contributed by atoms with Crippen LogP contribution in [0.2, 0.25) is 5.02 Å². The van der Waals surface area contributed by atoms with Gasteiger partial charge in [0.15, 0.2) is 0 Å². The minimum Gasteiger partial charge on any atom is -0.405 e. The van der Waals surface area contributed by atoms with Gasteiger partial charge in [-0.25, -0.2) is 0 Å². The van der Waals surface area contributed by atoms with E-state index in [0.717, 1.165) is 90.9 Å². The van der Waals surface area contributed by atoms with E-state index >= 15 is 0 Å². The fourth-order valence-electron chi connectivity index (χ4n) is 6.82. The summed E-state index contributed by atoms with van der Waals surface area (Å²) in [7, 11) is 0. The smallest absolute Gasteiger partial charge is 0.405 e. The molecule has 9 heteroatoms. The van der Waals surface area contributed by atoms with Crippen molar-refractivity contribution < 1.29 is 22.4 Å². The monoisotopic (exact) mass is 614 g/mol. The first-order valence-electron chi connectivity index (χ1n) is 14.6. The van der Waals surface area contributed by atoms with Gasteiger partial charge in [-0.15, -0.1) is 13.2 Å². The van der Waals surface area contributed by atoms with Gasteiger partial charge in [0.25, 0.3) is 0 Å². The van der Waals surface area contributed by atoms with E-state index in [4.69, 9.17) is 28.3 Å². The van der Waals surface area contributed by atoms with Crippen molar-refractivity contribution in [2.45, 2.75) is 83.4 Å². The molecule has 42 heavy (non-hydrogen) atoms. The van der Waals surface area contributed by atoms with Crippen molar-refractivity contribution in [2.24, 2.45) is 10.8 Å². The zero-order chi connectivity index (χ0) is 29.7. The summed E-state index contributed by atoms with van der Waals surface area (Å²) in [5.74, 6) is 0.860. The summed E-state index contributed by atoms with van der Waals surface area (Å²) >= 11 is 12.5. The number of aromatic nitrogens is 1. The number of halogens is 4. The Kier molecular flexibility index (Phi) is 7.67. The van der Waals surface area contributed by atoms with Crippen LogP contribution in [0.4, 0.5) is 18.9 Å². The molecule has 0 unspecified atom stereocenters. The topological polar surface area (TPSA) is 47.3 Å². The van der Waals surface area contributed by atoms with Crippen LogP contribution in [0.25, 0.3) is 16.8 Å². The molecule has 2 aromatic carbocycles. The predicted octanol–water partition coefficient (Wildman–Crippen LogP) is 10.5. The molecule has 1 aromatic heterocycles. The third kappa shape index (κ3) is 5.85. The molecule has 4 aliphatic rings. The highest BCUT2D eigenvalue weighted by Crippen LogP contribution is 2.60. The normalized spacial score (nSPS) is 23.5. The number of para-hydroxylation sites is 1. The molecule has 4 nitrogen and oxygen atoms in total. The summed E-state index contributed by atoms with van der Waals surface area (Å²) in [6, 6.07) is 12.1. The second-order valence-electron chi connectivity index (χ2n) is 12.4. The van der Waals surface area contributed by atoms with Crippen molar-refractivity contribution in [3.8, 4) is 17.0 Å². The Balaban J connectivity index is 1.16. The molecule has 1 heterocycles. The fourth-order valence-corrected chi connectivity index (χ4v) is 7.47. The van der Waals surface area contributed by atoms with Crippen LogP contribution in [0.3, 0.4) is 0 Å². The highest BCUT2D eigenvalue weighted by Gasteiger charge is 2.50. The molecule has 0 aliphatic heterocycles. The molecular formula is C33H34ClF3N2O2S. The average Bonchev–Trinajstić information content (AvgIpc) is 3.72. The first-order valence-corrected chi connectivity index (χ1v) is 15.4. The van der Waals surface area contributed by atoms with E-state index in [1.54, 1.807) is 12.1 Å². The van der Waals surface area contributed by atoms with E-state index in [1.165, 1.54) is 12.1 Å². The van der Waals surface area contributed by atoms with Crippen molar-refractivity contribution in [2.75, 3.05) is 5.32 Å². The molecule has 0 saturated heterocycles. The molecule has 0 spiro atoms. The SMILES string of the molecule is C=C(C)c1ccc(NC(=S)C23CCC(CCc4c(-c5ccccc5OC(F)(F)F)noc4C4CC4)(CC2)CC3)c(Cl)c1. The van der Waals surface area contributed by atoms with Gasteiger partial charge < -0.3 is 14.6 Å². The largest absolute Gasteiger partial charge is 0.573 e. The zero-order valence-corrected chi connectivity index (χ0v) is 25.2. The number of thiocarbonyl (C=S) groups is 1. The average molecular weight is 615 g/mol. The molecule has 0 atom stereocenters. The summed E-state index contributed by atoms with van der Waals surface area (Å²) in [6.07, 6.45) is 5.10. The van der Waals surface area contributed by atoms with Crippen LogP contribution in [0.1, 0.15) is 87.5 Å². The number of anilines is 1. The Morgan fingerprint density at radius 3 is 2.43 bits per heavy atom. The van der Waals surface area contributed by atoms with Crippen LogP contribution < -0.4 is 10.1 Å². The number of hydrogen-bond donors (Lipinski definition) is 1. The highest BCUT2D eigenvalue weighted by atomic mass is 35.5. The van der Waals surface area contributed by atoms with Gasteiger partial charge in [0, 0.05) is 22.5 Å². The van der Waals surface area contributed by atoms with E-state index in [-0.39, 0.29) is 16.6 Å². The first-order chi connectivity index (χ1) is 20.0. The van der Waals surface area contributed by atoms with Crippen LogP contribution in [-0.2, 0) is 6.42 Å². The van der Waals surface area contributed by atoms with Gasteiger partial charge in [0.2, 0.25) is 0 Å². The third-order valence-corrected chi connectivity index (χ3v) is 10.5. The predicted molar refractivity (Wildman–Crippen MR) is 164 cm³/mol. The van der Waals surface area contributed by atoms with Gasteiger partial charge in [-0.3, -0.25) is 0 Å². The van der Waals surface area contributed by atoms with Crippen LogP contribution in [0.15, 0.2) is 53.6 Å². The zero-order valence-electron chi connectivity index (χ0n) is 23.6. The Labute approximate surface area is 254 Å². The van der Waals surface area contributed by atoms with E-state index in [1.807, 2.05) is 25.1 Å². The van der Waals surface area contributed by atoms with Gasteiger partial charge in [-0.2, -0.15) is 0 Å². The Morgan fingerprint density at radius 2 is 1.81 bits per heavy atom. The second kappa shape index (κ2) is 11.0. The number of rotatable bonds is 9. The molecule has 222 valence electrons. The molecule has 4 saturated carbocycles. The lowest BCUT2D eigenvalue weighted by molar-refractivity contribution is -0.274. The van der Waals surface area contributed by atoms with Crippen LogP contribution in [0, 0.1) is 10.8 Å². The van der Waals surface area contributed by atoms with Crippen molar-refractivity contribution in [1.82, 2.24) is 5.16 Å². The highest BCUT2D eigenvalue weighted by molar-refractivity contribution is 7.80. The van der Waals surface area contributed by atoms with Crippen molar-refractivity contribution >= 4 is 40.1 Å². The molecule has 1 N–H and O–H groups in total. The first kappa shape index (κ1) is 29.2. The maximum Gasteiger partial charge on any atom is 0.573 e. The van der Waals surface area contributed by atoms with Crippen molar-refractivity contribution in [3.63, 3.8) is 0 Å². The summed E-state index contributed by atoms with van der Waals surface area (Å²) in [5.41, 5.74) is 4.64. The van der Waals surface area contributed by atoms with Gasteiger partial charge in [0.1, 0.15) is 17.2 Å².